The Bertz CT molecular complexity index is 571. The fraction of sp³-hybridized carbons (Fsp3) is 0.300. The minimum atomic E-state index is -0.121. The molecule has 82 valence electrons. The quantitative estimate of drug-likeness (QED) is 0.690. The zero-order valence-electron chi connectivity index (χ0n) is 8.60. The van der Waals surface area contributed by atoms with Crippen LogP contribution in [0.15, 0.2) is 23.0 Å². The number of hydrogen-bond donors (Lipinski definition) is 2. The standard InChI is InChI=1S/C10H11N5O/c16-9-3-1-2-7(12-9)10-14-13-8-6-11-4-5-15(8)10/h1-3,11H,4-6H2,(H,12,16). The van der Waals surface area contributed by atoms with Crippen molar-refractivity contribution in [3.05, 3.63) is 34.4 Å². The topological polar surface area (TPSA) is 75.6 Å². The molecule has 0 unspecified atom stereocenters. The molecule has 2 aromatic heterocycles. The van der Waals surface area contributed by atoms with Gasteiger partial charge in [0.25, 0.3) is 0 Å². The van der Waals surface area contributed by atoms with E-state index in [4.69, 9.17) is 0 Å². The smallest absolute Gasteiger partial charge is 0.248 e. The Labute approximate surface area is 91.3 Å². The van der Waals surface area contributed by atoms with E-state index >= 15 is 0 Å². The van der Waals surface area contributed by atoms with Gasteiger partial charge in [0.1, 0.15) is 5.82 Å². The van der Waals surface area contributed by atoms with E-state index in [9.17, 15) is 4.79 Å². The maximum absolute atomic E-state index is 11.2. The highest BCUT2D eigenvalue weighted by Gasteiger charge is 2.16. The molecule has 1 aliphatic rings. The molecule has 0 aromatic carbocycles. The van der Waals surface area contributed by atoms with Crippen LogP contribution >= 0.6 is 0 Å². The molecule has 0 radical (unpaired) electrons. The van der Waals surface area contributed by atoms with Crippen molar-refractivity contribution in [1.82, 2.24) is 25.1 Å². The first-order chi connectivity index (χ1) is 7.84. The van der Waals surface area contributed by atoms with Gasteiger partial charge >= 0.3 is 0 Å². The lowest BCUT2D eigenvalue weighted by atomic mass is 10.3. The molecule has 6 nitrogen and oxygen atoms in total. The van der Waals surface area contributed by atoms with Gasteiger partial charge in [-0.05, 0) is 6.07 Å². The zero-order chi connectivity index (χ0) is 11.0. The average Bonchev–Trinajstić information content (AvgIpc) is 2.72. The van der Waals surface area contributed by atoms with Gasteiger partial charge in [-0.1, -0.05) is 6.07 Å². The summed E-state index contributed by atoms with van der Waals surface area (Å²) >= 11 is 0. The summed E-state index contributed by atoms with van der Waals surface area (Å²) in [6, 6.07) is 5.04. The predicted molar refractivity (Wildman–Crippen MR) is 57.8 cm³/mol. The molecule has 16 heavy (non-hydrogen) atoms. The first-order valence-electron chi connectivity index (χ1n) is 5.17. The molecule has 1 aliphatic heterocycles. The number of fused-ring (bicyclic) bond motifs is 1. The summed E-state index contributed by atoms with van der Waals surface area (Å²) in [5, 5.41) is 11.4. The summed E-state index contributed by atoms with van der Waals surface area (Å²) in [6.07, 6.45) is 0. The van der Waals surface area contributed by atoms with Crippen LogP contribution in [0.4, 0.5) is 0 Å². The summed E-state index contributed by atoms with van der Waals surface area (Å²) in [6.45, 7) is 2.45. The molecule has 2 aromatic rings. The molecule has 0 spiro atoms. The van der Waals surface area contributed by atoms with E-state index in [1.807, 2.05) is 10.6 Å². The Kier molecular flexibility index (Phi) is 2.07. The van der Waals surface area contributed by atoms with Crippen LogP contribution in [0.5, 0.6) is 0 Å². The van der Waals surface area contributed by atoms with Gasteiger partial charge in [-0.2, -0.15) is 0 Å². The third-order valence-corrected chi connectivity index (χ3v) is 2.63. The van der Waals surface area contributed by atoms with Crippen molar-refractivity contribution in [3.63, 3.8) is 0 Å². The lowest BCUT2D eigenvalue weighted by Gasteiger charge is -2.15. The van der Waals surface area contributed by atoms with E-state index in [0.29, 0.717) is 5.69 Å². The van der Waals surface area contributed by atoms with E-state index in [-0.39, 0.29) is 5.56 Å². The number of rotatable bonds is 1. The van der Waals surface area contributed by atoms with Gasteiger partial charge in [0, 0.05) is 19.2 Å². The van der Waals surface area contributed by atoms with Gasteiger partial charge in [0.2, 0.25) is 5.56 Å². The molecule has 2 N–H and O–H groups in total. The minimum absolute atomic E-state index is 0.121. The van der Waals surface area contributed by atoms with Crippen molar-refractivity contribution in [2.24, 2.45) is 0 Å². The molecule has 3 heterocycles. The zero-order valence-corrected chi connectivity index (χ0v) is 8.60. The number of aromatic amines is 1. The van der Waals surface area contributed by atoms with Gasteiger partial charge in [-0.3, -0.25) is 4.79 Å². The van der Waals surface area contributed by atoms with Crippen LogP contribution in [0.3, 0.4) is 0 Å². The van der Waals surface area contributed by atoms with Gasteiger partial charge < -0.3 is 14.9 Å². The van der Waals surface area contributed by atoms with E-state index in [1.54, 1.807) is 6.07 Å². The van der Waals surface area contributed by atoms with Crippen molar-refractivity contribution >= 4 is 0 Å². The molecule has 0 amide bonds. The molecule has 0 saturated carbocycles. The van der Waals surface area contributed by atoms with Gasteiger partial charge in [0.15, 0.2) is 5.82 Å². The van der Waals surface area contributed by atoms with E-state index in [0.717, 1.165) is 31.3 Å². The molecular formula is C10H11N5O. The Morgan fingerprint density at radius 1 is 1.31 bits per heavy atom. The number of H-pyrrole nitrogens is 1. The molecule has 0 bridgehead atoms. The molecule has 6 heteroatoms. The van der Waals surface area contributed by atoms with Gasteiger partial charge in [-0.15, -0.1) is 10.2 Å². The van der Waals surface area contributed by atoms with Crippen molar-refractivity contribution in [1.29, 1.82) is 0 Å². The van der Waals surface area contributed by atoms with Crippen LogP contribution in [0.25, 0.3) is 11.5 Å². The van der Waals surface area contributed by atoms with Gasteiger partial charge in [0.05, 0.1) is 12.2 Å². The fourth-order valence-electron chi connectivity index (χ4n) is 1.87. The number of hydrogen-bond acceptors (Lipinski definition) is 4. The van der Waals surface area contributed by atoms with Crippen molar-refractivity contribution < 1.29 is 0 Å². The lowest BCUT2D eigenvalue weighted by Crippen LogP contribution is -2.28. The van der Waals surface area contributed by atoms with E-state index in [2.05, 4.69) is 20.5 Å². The molecule has 0 aliphatic carbocycles. The number of nitrogens with zero attached hydrogens (tertiary/aromatic N) is 3. The third kappa shape index (κ3) is 1.43. The fourth-order valence-corrected chi connectivity index (χ4v) is 1.87. The highest BCUT2D eigenvalue weighted by Crippen LogP contribution is 2.15. The average molecular weight is 217 g/mol. The van der Waals surface area contributed by atoms with Crippen molar-refractivity contribution in [2.45, 2.75) is 13.1 Å². The summed E-state index contributed by atoms with van der Waals surface area (Å²) in [5.74, 6) is 1.64. The Morgan fingerprint density at radius 2 is 2.25 bits per heavy atom. The van der Waals surface area contributed by atoms with Crippen LogP contribution < -0.4 is 10.9 Å². The van der Waals surface area contributed by atoms with Crippen molar-refractivity contribution in [2.75, 3.05) is 6.54 Å². The SMILES string of the molecule is O=c1cccc(-c2nnc3n2CCNC3)[nH]1. The molecule has 0 fully saturated rings. The first-order valence-corrected chi connectivity index (χ1v) is 5.17. The minimum Gasteiger partial charge on any atom is -0.319 e. The normalized spacial score (nSPS) is 14.8. The molecule has 3 rings (SSSR count). The van der Waals surface area contributed by atoms with Crippen LogP contribution in [-0.4, -0.2) is 26.3 Å². The van der Waals surface area contributed by atoms with E-state index in [1.165, 1.54) is 6.07 Å². The van der Waals surface area contributed by atoms with Crippen LogP contribution in [0.2, 0.25) is 0 Å². The van der Waals surface area contributed by atoms with Crippen LogP contribution in [-0.2, 0) is 13.1 Å². The second-order valence-electron chi connectivity index (χ2n) is 3.70. The van der Waals surface area contributed by atoms with Gasteiger partial charge in [-0.25, -0.2) is 0 Å². The Hall–Kier alpha value is -1.95. The maximum Gasteiger partial charge on any atom is 0.248 e. The highest BCUT2D eigenvalue weighted by atomic mass is 16.1. The number of aromatic nitrogens is 4. The summed E-state index contributed by atoms with van der Waals surface area (Å²) in [4.78, 5) is 14.0. The molecule has 0 atom stereocenters. The van der Waals surface area contributed by atoms with Crippen LogP contribution in [0.1, 0.15) is 5.82 Å². The summed E-state index contributed by atoms with van der Waals surface area (Å²) in [7, 11) is 0. The number of nitrogens with one attached hydrogen (secondary N) is 2. The molecular weight excluding hydrogens is 206 g/mol. The van der Waals surface area contributed by atoms with Crippen molar-refractivity contribution in [3.8, 4) is 11.5 Å². The summed E-state index contributed by atoms with van der Waals surface area (Å²) in [5.41, 5.74) is 0.594. The lowest BCUT2D eigenvalue weighted by molar-refractivity contribution is 0.508. The van der Waals surface area contributed by atoms with E-state index < -0.39 is 0 Å². The second kappa shape index (κ2) is 3.57. The largest absolute Gasteiger partial charge is 0.319 e. The first kappa shape index (κ1) is 9.29. The monoisotopic (exact) mass is 217 g/mol. The Morgan fingerprint density at radius 3 is 3.12 bits per heavy atom. The summed E-state index contributed by atoms with van der Waals surface area (Å²) < 4.78 is 2.03. The third-order valence-electron chi connectivity index (χ3n) is 2.63. The maximum atomic E-state index is 11.2. The predicted octanol–water partition coefficient (Wildman–Crippen LogP) is -0.263. The second-order valence-corrected chi connectivity index (χ2v) is 3.70. The molecule has 0 saturated heterocycles. The highest BCUT2D eigenvalue weighted by molar-refractivity contribution is 5.49. The van der Waals surface area contributed by atoms with Crippen LogP contribution in [0, 0.1) is 0 Å². The Balaban J connectivity index is 2.13. The number of pyridine rings is 1.